The minimum atomic E-state index is 0.700. The van der Waals surface area contributed by atoms with Gasteiger partial charge in [0.25, 0.3) is 0 Å². The van der Waals surface area contributed by atoms with Crippen LogP contribution in [0.3, 0.4) is 0 Å². The van der Waals surface area contributed by atoms with Crippen LogP contribution in [0.25, 0.3) is 72.9 Å². The average Bonchev–Trinajstić information content (AvgIpc) is 3.40. The summed E-state index contributed by atoms with van der Waals surface area (Å²) in [5.41, 5.74) is 12.1. The highest BCUT2D eigenvalue weighted by molar-refractivity contribution is 7.99. The Balaban J connectivity index is 1.30. The van der Waals surface area contributed by atoms with Gasteiger partial charge in [0.15, 0.2) is 5.82 Å². The van der Waals surface area contributed by atoms with Gasteiger partial charge < -0.3 is 4.57 Å². The Morgan fingerprint density at radius 2 is 1.02 bits per heavy atom. The van der Waals surface area contributed by atoms with Crippen LogP contribution < -0.4 is 0 Å². The lowest BCUT2D eigenvalue weighted by Crippen LogP contribution is -2.00. The minimum absolute atomic E-state index is 0.700. The second-order valence-corrected chi connectivity index (χ2v) is 12.5. The van der Waals surface area contributed by atoms with Crippen LogP contribution >= 0.6 is 11.8 Å². The summed E-state index contributed by atoms with van der Waals surface area (Å²) in [7, 11) is 0. The summed E-state index contributed by atoms with van der Waals surface area (Å²) in [6, 6.07) is 57.7. The molecule has 1 aliphatic heterocycles. The molecular weight excluding hydrogens is 579 g/mol. The molecule has 0 N–H and O–H groups in total. The minimum Gasteiger partial charge on any atom is -0.309 e. The van der Waals surface area contributed by atoms with Gasteiger partial charge in [-0.1, -0.05) is 139 Å². The number of nitrogens with zero attached hydrogens (tertiary/aromatic N) is 3. The van der Waals surface area contributed by atoms with E-state index in [2.05, 4.69) is 156 Å². The van der Waals surface area contributed by atoms with E-state index in [0.29, 0.717) is 5.82 Å². The maximum atomic E-state index is 5.13. The first-order chi connectivity index (χ1) is 22.8. The lowest BCUT2D eigenvalue weighted by molar-refractivity contribution is 1.12. The molecule has 9 rings (SSSR count). The van der Waals surface area contributed by atoms with Gasteiger partial charge in [0.1, 0.15) is 0 Å². The molecule has 2 aromatic heterocycles. The molecule has 0 amide bonds. The smallest absolute Gasteiger partial charge is 0.160 e. The van der Waals surface area contributed by atoms with Crippen molar-refractivity contribution < 1.29 is 0 Å². The van der Waals surface area contributed by atoms with E-state index in [1.165, 1.54) is 43.1 Å². The molecule has 0 unspecified atom stereocenters. The first kappa shape index (κ1) is 26.7. The van der Waals surface area contributed by atoms with Gasteiger partial charge in [-0.25, -0.2) is 9.97 Å². The highest BCUT2D eigenvalue weighted by Crippen LogP contribution is 2.52. The SMILES string of the molecule is c1ccc(-c2cc(-c3ccccc3)nc(-c3cccc(-n4c5c(c6ccccc64)-c4ccccc4Sc4ccccc4-5)c3)n2)cc1. The fraction of sp³-hybridized carbons (Fsp3) is 0. The van der Waals surface area contributed by atoms with Crippen LogP contribution in [0.1, 0.15) is 0 Å². The molecule has 46 heavy (non-hydrogen) atoms. The van der Waals surface area contributed by atoms with Gasteiger partial charge in [-0.15, -0.1) is 0 Å². The molecule has 0 saturated carbocycles. The van der Waals surface area contributed by atoms with Gasteiger partial charge in [0.2, 0.25) is 0 Å². The number of rotatable bonds is 4. The first-order valence-corrected chi connectivity index (χ1v) is 16.2. The Hall–Kier alpha value is -5.71. The van der Waals surface area contributed by atoms with Crippen molar-refractivity contribution >= 4 is 22.7 Å². The third-order valence-electron chi connectivity index (χ3n) is 8.62. The van der Waals surface area contributed by atoms with E-state index < -0.39 is 0 Å². The summed E-state index contributed by atoms with van der Waals surface area (Å²) >= 11 is 1.84. The van der Waals surface area contributed by atoms with Gasteiger partial charge in [-0.05, 0) is 42.0 Å². The van der Waals surface area contributed by atoms with Crippen LogP contribution in [0.15, 0.2) is 174 Å². The lowest BCUT2D eigenvalue weighted by Gasteiger charge is -2.15. The quantitative estimate of drug-likeness (QED) is 0.200. The van der Waals surface area contributed by atoms with E-state index in [0.717, 1.165) is 33.8 Å². The summed E-state index contributed by atoms with van der Waals surface area (Å²) in [4.78, 5) is 12.8. The maximum absolute atomic E-state index is 5.13. The van der Waals surface area contributed by atoms with Crippen molar-refractivity contribution in [3.63, 3.8) is 0 Å². The summed E-state index contributed by atoms with van der Waals surface area (Å²) < 4.78 is 2.43. The zero-order valence-electron chi connectivity index (χ0n) is 24.8. The predicted molar refractivity (Wildman–Crippen MR) is 190 cm³/mol. The number of aromatic nitrogens is 3. The van der Waals surface area contributed by atoms with Crippen LogP contribution in [-0.4, -0.2) is 14.5 Å². The summed E-state index contributed by atoms with van der Waals surface area (Å²) in [5.74, 6) is 0.700. The molecule has 8 aromatic rings. The van der Waals surface area contributed by atoms with Crippen molar-refractivity contribution in [2.24, 2.45) is 0 Å². The molecule has 3 heterocycles. The van der Waals surface area contributed by atoms with E-state index in [1.54, 1.807) is 0 Å². The van der Waals surface area contributed by atoms with E-state index in [4.69, 9.17) is 9.97 Å². The molecule has 0 aliphatic carbocycles. The highest BCUT2D eigenvalue weighted by atomic mass is 32.2. The van der Waals surface area contributed by atoms with Gasteiger partial charge >= 0.3 is 0 Å². The fourth-order valence-electron chi connectivity index (χ4n) is 6.54. The molecule has 0 radical (unpaired) electrons. The van der Waals surface area contributed by atoms with Crippen molar-refractivity contribution in [3.05, 3.63) is 164 Å². The Morgan fingerprint density at radius 1 is 0.457 bits per heavy atom. The van der Waals surface area contributed by atoms with Crippen LogP contribution in [0.4, 0.5) is 0 Å². The lowest BCUT2D eigenvalue weighted by atomic mass is 9.98. The van der Waals surface area contributed by atoms with Crippen LogP contribution in [-0.2, 0) is 0 Å². The van der Waals surface area contributed by atoms with Crippen molar-refractivity contribution in [1.29, 1.82) is 0 Å². The second-order valence-electron chi connectivity index (χ2n) is 11.4. The topological polar surface area (TPSA) is 30.7 Å². The maximum Gasteiger partial charge on any atom is 0.160 e. The zero-order chi connectivity index (χ0) is 30.5. The Morgan fingerprint density at radius 3 is 1.74 bits per heavy atom. The number of hydrogen-bond donors (Lipinski definition) is 0. The van der Waals surface area contributed by atoms with Crippen LogP contribution in [0.2, 0.25) is 0 Å². The van der Waals surface area contributed by atoms with Gasteiger partial charge in [-0.2, -0.15) is 0 Å². The Bertz CT molecular complexity index is 2340. The van der Waals surface area contributed by atoms with Gasteiger partial charge in [0.05, 0.1) is 22.6 Å². The molecular formula is C42H27N3S. The number of fused-ring (bicyclic) bond motifs is 7. The largest absolute Gasteiger partial charge is 0.309 e. The third kappa shape index (κ3) is 4.46. The molecule has 0 bridgehead atoms. The molecule has 0 atom stereocenters. The Kier molecular flexibility index (Phi) is 6.39. The molecule has 1 aliphatic rings. The molecule has 0 spiro atoms. The predicted octanol–water partition coefficient (Wildman–Crippen LogP) is 11.2. The average molecular weight is 606 g/mol. The number of hydrogen-bond acceptors (Lipinski definition) is 3. The third-order valence-corrected chi connectivity index (χ3v) is 9.77. The van der Waals surface area contributed by atoms with Crippen molar-refractivity contribution in [3.8, 4) is 62.0 Å². The van der Waals surface area contributed by atoms with E-state index >= 15 is 0 Å². The first-order valence-electron chi connectivity index (χ1n) is 15.4. The van der Waals surface area contributed by atoms with Gasteiger partial charge in [0, 0.05) is 48.7 Å². The molecule has 216 valence electrons. The molecule has 4 heteroatoms. The standard InChI is InChI=1S/C42H27N3S/c1-3-14-28(15-4-1)35-27-36(29-16-5-2-6-17-29)44-42(43-35)30-18-13-19-31(26-30)45-37-23-10-7-20-32(37)40-33-21-8-11-24-38(33)46-39-25-12-9-22-34(39)41(40)45/h1-27H. The number of para-hydroxylation sites is 1. The van der Waals surface area contributed by atoms with Crippen molar-refractivity contribution in [2.75, 3.05) is 0 Å². The second kappa shape index (κ2) is 11.0. The fourth-order valence-corrected chi connectivity index (χ4v) is 7.63. The highest BCUT2D eigenvalue weighted by Gasteiger charge is 2.27. The van der Waals surface area contributed by atoms with E-state index in [1.807, 2.05) is 23.9 Å². The molecule has 3 nitrogen and oxygen atoms in total. The summed E-state index contributed by atoms with van der Waals surface area (Å²) in [6.45, 7) is 0. The van der Waals surface area contributed by atoms with Crippen molar-refractivity contribution in [1.82, 2.24) is 14.5 Å². The van der Waals surface area contributed by atoms with E-state index in [-0.39, 0.29) is 0 Å². The molecule has 0 saturated heterocycles. The van der Waals surface area contributed by atoms with E-state index in [9.17, 15) is 0 Å². The Labute approximate surface area is 271 Å². The zero-order valence-corrected chi connectivity index (χ0v) is 25.7. The van der Waals surface area contributed by atoms with Crippen LogP contribution in [0, 0.1) is 0 Å². The number of benzene rings is 6. The van der Waals surface area contributed by atoms with Gasteiger partial charge in [-0.3, -0.25) is 0 Å². The molecule has 6 aromatic carbocycles. The normalized spacial score (nSPS) is 11.8. The van der Waals surface area contributed by atoms with Crippen molar-refractivity contribution in [2.45, 2.75) is 9.79 Å². The van der Waals surface area contributed by atoms with Crippen LogP contribution in [0.5, 0.6) is 0 Å². The monoisotopic (exact) mass is 605 g/mol. The summed E-state index contributed by atoms with van der Waals surface area (Å²) in [5, 5.41) is 1.24. The summed E-state index contributed by atoms with van der Waals surface area (Å²) in [6.07, 6.45) is 0. The molecule has 0 fully saturated rings.